The topological polar surface area (TPSA) is 79.0 Å². The highest BCUT2D eigenvalue weighted by Gasteiger charge is 2.25. The summed E-state index contributed by atoms with van der Waals surface area (Å²) in [5.74, 6) is -0.334. The van der Waals surface area contributed by atoms with E-state index in [1.807, 2.05) is 38.1 Å². The van der Waals surface area contributed by atoms with E-state index < -0.39 is 10.0 Å². The predicted octanol–water partition coefficient (Wildman–Crippen LogP) is 2.26. The third kappa shape index (κ3) is 6.29. The molecule has 1 aliphatic heterocycles. The molecule has 1 fully saturated rings. The number of rotatable bonds is 8. The molecule has 3 rings (SSSR count). The molecule has 1 unspecified atom stereocenters. The molecular formula is C23H31N3O4S. The van der Waals surface area contributed by atoms with Crippen molar-refractivity contribution in [1.29, 1.82) is 0 Å². The summed E-state index contributed by atoms with van der Waals surface area (Å²) in [6.45, 7) is 6.90. The fraction of sp³-hybridized carbons (Fsp3) is 0.435. The Kier molecular flexibility index (Phi) is 7.69. The van der Waals surface area contributed by atoms with Crippen LogP contribution in [0.2, 0.25) is 0 Å². The molecule has 1 N–H and O–H groups in total. The van der Waals surface area contributed by atoms with E-state index in [1.165, 1.54) is 0 Å². The lowest BCUT2D eigenvalue weighted by Gasteiger charge is -2.35. The van der Waals surface area contributed by atoms with Crippen molar-refractivity contribution in [1.82, 2.24) is 10.2 Å². The Balaban J connectivity index is 1.74. The van der Waals surface area contributed by atoms with Crippen LogP contribution >= 0.6 is 0 Å². The highest BCUT2D eigenvalue weighted by Crippen LogP contribution is 2.23. The number of hydrogen-bond acceptors (Lipinski definition) is 5. The third-order valence-electron chi connectivity index (χ3n) is 5.48. The minimum atomic E-state index is -3.61. The Morgan fingerprint density at radius 3 is 2.48 bits per heavy atom. The first-order valence-electron chi connectivity index (χ1n) is 10.4. The zero-order valence-electron chi connectivity index (χ0n) is 18.4. The van der Waals surface area contributed by atoms with Gasteiger partial charge in [0.15, 0.2) is 0 Å². The van der Waals surface area contributed by atoms with Gasteiger partial charge in [-0.25, -0.2) is 8.42 Å². The van der Waals surface area contributed by atoms with Gasteiger partial charge in [0.25, 0.3) is 0 Å². The molecule has 8 heteroatoms. The Labute approximate surface area is 185 Å². The maximum atomic E-state index is 12.8. The molecule has 1 aliphatic rings. The molecular weight excluding hydrogens is 414 g/mol. The number of carbonyl (C=O) groups is 1. The molecule has 1 atom stereocenters. The lowest BCUT2D eigenvalue weighted by Crippen LogP contribution is -2.46. The quantitative estimate of drug-likeness (QED) is 0.674. The first kappa shape index (κ1) is 23.2. The normalized spacial score (nSPS) is 16.0. The van der Waals surface area contributed by atoms with Crippen LogP contribution in [0.5, 0.6) is 0 Å². The summed E-state index contributed by atoms with van der Waals surface area (Å²) in [6, 6.07) is 15.4. The van der Waals surface area contributed by atoms with Crippen LogP contribution < -0.4 is 9.62 Å². The number of carbonyl (C=O) groups excluding carboxylic acids is 1. The van der Waals surface area contributed by atoms with Gasteiger partial charge >= 0.3 is 0 Å². The second-order valence-electron chi connectivity index (χ2n) is 7.94. The van der Waals surface area contributed by atoms with Gasteiger partial charge in [-0.3, -0.25) is 14.0 Å². The van der Waals surface area contributed by atoms with Crippen molar-refractivity contribution in [3.05, 3.63) is 65.2 Å². The van der Waals surface area contributed by atoms with Crippen LogP contribution in [0, 0.1) is 13.8 Å². The van der Waals surface area contributed by atoms with Crippen LogP contribution in [0.15, 0.2) is 48.5 Å². The van der Waals surface area contributed by atoms with E-state index >= 15 is 0 Å². The molecule has 0 saturated carbocycles. The van der Waals surface area contributed by atoms with Crippen LogP contribution in [-0.4, -0.2) is 64.9 Å². The van der Waals surface area contributed by atoms with Gasteiger partial charge in [0.1, 0.15) is 6.54 Å². The molecule has 2 aromatic carbocycles. The summed E-state index contributed by atoms with van der Waals surface area (Å²) in [7, 11) is -3.61. The molecule has 1 saturated heterocycles. The van der Waals surface area contributed by atoms with Crippen LogP contribution in [0.1, 0.15) is 22.7 Å². The van der Waals surface area contributed by atoms with E-state index in [0.717, 1.165) is 40.3 Å². The molecule has 0 aromatic heterocycles. The van der Waals surface area contributed by atoms with Gasteiger partial charge in [-0.1, -0.05) is 48.0 Å². The summed E-state index contributed by atoms with van der Waals surface area (Å²) in [4.78, 5) is 15.1. The maximum absolute atomic E-state index is 12.8. The number of anilines is 1. The number of amides is 1. The van der Waals surface area contributed by atoms with Gasteiger partial charge < -0.3 is 10.1 Å². The number of benzene rings is 2. The van der Waals surface area contributed by atoms with Crippen LogP contribution in [0.4, 0.5) is 5.69 Å². The molecule has 1 heterocycles. The summed E-state index contributed by atoms with van der Waals surface area (Å²) >= 11 is 0. The summed E-state index contributed by atoms with van der Waals surface area (Å²) in [5, 5.41) is 2.96. The molecule has 2 aromatic rings. The molecule has 0 bridgehead atoms. The van der Waals surface area contributed by atoms with Crippen molar-refractivity contribution < 1.29 is 17.9 Å². The standard InChI is InChI=1S/C23H31N3O4S/c1-18-7-6-9-20(15-18)22(25-11-13-30-14-12-25)16-24-23(27)17-26(31(3,28)29)21-10-5-4-8-19(21)2/h4-10,15,22H,11-14,16-17H2,1-3H3,(H,24,27). The smallest absolute Gasteiger partial charge is 0.240 e. The Morgan fingerprint density at radius 2 is 1.84 bits per heavy atom. The van der Waals surface area contributed by atoms with Crippen molar-refractivity contribution >= 4 is 21.6 Å². The number of aryl methyl sites for hydroxylation is 2. The average molecular weight is 446 g/mol. The summed E-state index contributed by atoms with van der Waals surface area (Å²) in [5.41, 5.74) is 3.60. The maximum Gasteiger partial charge on any atom is 0.240 e. The first-order valence-corrected chi connectivity index (χ1v) is 12.3. The Morgan fingerprint density at radius 1 is 1.13 bits per heavy atom. The van der Waals surface area contributed by atoms with Crippen molar-refractivity contribution in [3.63, 3.8) is 0 Å². The zero-order chi connectivity index (χ0) is 22.4. The van der Waals surface area contributed by atoms with E-state index in [2.05, 4.69) is 22.3 Å². The van der Waals surface area contributed by atoms with E-state index in [1.54, 1.807) is 12.1 Å². The van der Waals surface area contributed by atoms with Crippen LogP contribution in [0.25, 0.3) is 0 Å². The second kappa shape index (κ2) is 10.3. The molecule has 0 aliphatic carbocycles. The van der Waals surface area contributed by atoms with Gasteiger partial charge in [0.2, 0.25) is 15.9 Å². The number of nitrogens with zero attached hydrogens (tertiary/aromatic N) is 2. The minimum absolute atomic E-state index is 0.00195. The van der Waals surface area contributed by atoms with Gasteiger partial charge in [-0.2, -0.15) is 0 Å². The Hall–Kier alpha value is -2.42. The number of morpholine rings is 1. The highest BCUT2D eigenvalue weighted by molar-refractivity contribution is 7.92. The van der Waals surface area contributed by atoms with Gasteiger partial charge in [-0.15, -0.1) is 0 Å². The molecule has 31 heavy (non-hydrogen) atoms. The van der Waals surface area contributed by atoms with Gasteiger partial charge in [0, 0.05) is 19.6 Å². The monoisotopic (exact) mass is 445 g/mol. The molecule has 0 radical (unpaired) electrons. The minimum Gasteiger partial charge on any atom is -0.379 e. The number of sulfonamides is 1. The fourth-order valence-electron chi connectivity index (χ4n) is 3.85. The van der Waals surface area contributed by atoms with E-state index in [9.17, 15) is 13.2 Å². The SMILES string of the molecule is Cc1cccc(C(CNC(=O)CN(c2ccccc2C)S(C)(=O)=O)N2CCOCC2)c1. The highest BCUT2D eigenvalue weighted by atomic mass is 32.2. The zero-order valence-corrected chi connectivity index (χ0v) is 19.2. The molecule has 1 amide bonds. The van der Waals surface area contributed by atoms with Crippen molar-refractivity contribution in [2.75, 3.05) is 50.0 Å². The molecule has 168 valence electrons. The fourth-order valence-corrected chi connectivity index (χ4v) is 4.76. The molecule has 0 spiro atoms. The second-order valence-corrected chi connectivity index (χ2v) is 9.85. The summed E-state index contributed by atoms with van der Waals surface area (Å²) < 4.78 is 31.4. The number of nitrogens with one attached hydrogen (secondary N) is 1. The lowest BCUT2D eigenvalue weighted by atomic mass is 10.0. The predicted molar refractivity (Wildman–Crippen MR) is 123 cm³/mol. The Bertz CT molecular complexity index is 1000. The number of para-hydroxylation sites is 1. The van der Waals surface area contributed by atoms with Crippen molar-refractivity contribution in [2.45, 2.75) is 19.9 Å². The van der Waals surface area contributed by atoms with E-state index in [-0.39, 0.29) is 18.5 Å². The van der Waals surface area contributed by atoms with E-state index in [4.69, 9.17) is 4.74 Å². The van der Waals surface area contributed by atoms with Crippen molar-refractivity contribution in [3.8, 4) is 0 Å². The third-order valence-corrected chi connectivity index (χ3v) is 6.60. The van der Waals surface area contributed by atoms with E-state index in [0.29, 0.717) is 25.4 Å². The van der Waals surface area contributed by atoms with Gasteiger partial charge in [0.05, 0.1) is 31.2 Å². The number of ether oxygens (including phenoxy) is 1. The average Bonchev–Trinajstić information content (AvgIpc) is 2.73. The van der Waals surface area contributed by atoms with Gasteiger partial charge in [-0.05, 0) is 31.0 Å². The van der Waals surface area contributed by atoms with Crippen molar-refractivity contribution in [2.24, 2.45) is 0 Å². The number of hydrogen-bond donors (Lipinski definition) is 1. The van der Waals surface area contributed by atoms with Crippen LogP contribution in [-0.2, 0) is 19.6 Å². The van der Waals surface area contributed by atoms with Crippen LogP contribution in [0.3, 0.4) is 0 Å². The largest absolute Gasteiger partial charge is 0.379 e. The lowest BCUT2D eigenvalue weighted by molar-refractivity contribution is -0.120. The summed E-state index contributed by atoms with van der Waals surface area (Å²) in [6.07, 6.45) is 1.12. The first-order chi connectivity index (χ1) is 14.8. The molecule has 7 nitrogen and oxygen atoms in total.